The molecule has 0 saturated carbocycles. The lowest BCUT2D eigenvalue weighted by atomic mass is 10.1. The van der Waals surface area contributed by atoms with Gasteiger partial charge in [0.15, 0.2) is 5.96 Å². The van der Waals surface area contributed by atoms with Crippen molar-refractivity contribution in [3.8, 4) is 11.5 Å². The van der Waals surface area contributed by atoms with Gasteiger partial charge >= 0.3 is 0 Å². The summed E-state index contributed by atoms with van der Waals surface area (Å²) in [7, 11) is 0. The van der Waals surface area contributed by atoms with Gasteiger partial charge in [-0.2, -0.15) is 0 Å². The number of anilines is 4. The average Bonchev–Trinajstić information content (AvgIpc) is 3.24. The molecule has 0 aromatic heterocycles. The summed E-state index contributed by atoms with van der Waals surface area (Å²) < 4.78 is 11.8. The Bertz CT molecular complexity index is 1940. The highest BCUT2D eigenvalue weighted by Crippen LogP contribution is 2.38. The second-order valence-corrected chi connectivity index (χ2v) is 15.5. The molecular formula is C39H60N14O6S2. The van der Waals surface area contributed by atoms with E-state index in [0.29, 0.717) is 95.9 Å². The maximum atomic E-state index is 14.3. The average molecular weight is 885 g/mol. The third kappa shape index (κ3) is 16.0. The number of amides is 4. The number of hydrogen-bond acceptors (Lipinski definition) is 16. The van der Waals surface area contributed by atoms with Crippen molar-refractivity contribution in [3.05, 3.63) is 59.7 Å². The fraction of sp³-hybridized carbons (Fsp3) is 0.410. The fourth-order valence-corrected chi connectivity index (χ4v) is 7.31. The summed E-state index contributed by atoms with van der Waals surface area (Å²) in [5.74, 6) is -1.30. The maximum Gasteiger partial charge on any atom is 0.259 e. The van der Waals surface area contributed by atoms with Gasteiger partial charge in [-0.15, -0.1) is 23.5 Å². The molecule has 0 bridgehead atoms. The van der Waals surface area contributed by atoms with E-state index >= 15 is 0 Å². The molecule has 22 heteroatoms. The summed E-state index contributed by atoms with van der Waals surface area (Å²) in [6.45, 7) is 1.68. The van der Waals surface area contributed by atoms with E-state index in [1.165, 1.54) is 35.7 Å². The number of thioether (sulfide) groups is 2. The summed E-state index contributed by atoms with van der Waals surface area (Å²) in [5.41, 5.74) is 47.9. The molecular weight excluding hydrogens is 825 g/mol. The van der Waals surface area contributed by atoms with Crippen molar-refractivity contribution in [1.82, 2.24) is 5.32 Å². The van der Waals surface area contributed by atoms with Crippen LogP contribution in [0.3, 0.4) is 0 Å². The molecule has 2 atom stereocenters. The Hall–Kier alpha value is -5.17. The first-order valence-electron chi connectivity index (χ1n) is 19.7. The van der Waals surface area contributed by atoms with E-state index in [9.17, 15) is 19.2 Å². The standard InChI is InChI=1S/C39H60N14O6S2/c40-11-3-5-25(45)37(56)52-29-9-1-7-27(33(29)60-19-14-43)50-35(54)23-21-24(32(59-18-13-42)22-31(23)58-17-12-41)36(55)51-28-8-2-10-30(34(28)61-20-15-44)53-38(57)26(46)6-4-16-49-39(47)48/h1-2,7-10,21-22,25-26H,3-6,11-20,40-46H2,(H,50,54)(H,51,55)(H,52,56)(H,53,57)(H4,47,48,49)/t25-,26-/m1/s1. The van der Waals surface area contributed by atoms with Crippen molar-refractivity contribution in [3.63, 3.8) is 0 Å². The minimum Gasteiger partial charge on any atom is -0.491 e. The van der Waals surface area contributed by atoms with Gasteiger partial charge in [0.2, 0.25) is 11.8 Å². The number of ether oxygens (including phenoxy) is 2. The molecule has 0 saturated heterocycles. The minimum absolute atomic E-state index is 0.0297. The summed E-state index contributed by atoms with van der Waals surface area (Å²) in [4.78, 5) is 55.8. The quantitative estimate of drug-likeness (QED) is 0.0214. The zero-order valence-electron chi connectivity index (χ0n) is 34.1. The van der Waals surface area contributed by atoms with Gasteiger partial charge in [-0.05, 0) is 62.6 Å². The normalized spacial score (nSPS) is 11.9. The zero-order chi connectivity index (χ0) is 44.7. The third-order valence-corrected chi connectivity index (χ3v) is 10.8. The second kappa shape index (κ2) is 26.9. The van der Waals surface area contributed by atoms with Crippen LogP contribution in [-0.4, -0.2) is 106 Å². The monoisotopic (exact) mass is 884 g/mol. The first-order valence-corrected chi connectivity index (χ1v) is 21.6. The number of carbonyl (C=O) groups excluding carboxylic acids is 4. The van der Waals surface area contributed by atoms with Crippen LogP contribution in [-0.2, 0) is 9.59 Å². The predicted molar refractivity (Wildman–Crippen MR) is 245 cm³/mol. The van der Waals surface area contributed by atoms with Gasteiger partial charge in [-0.25, -0.2) is 0 Å². The molecule has 0 unspecified atom stereocenters. The van der Waals surface area contributed by atoms with Crippen molar-refractivity contribution in [2.45, 2.75) is 47.6 Å². The topological polar surface area (TPSA) is 379 Å². The van der Waals surface area contributed by atoms with Gasteiger partial charge in [0, 0.05) is 50.3 Å². The number of hydrogen-bond donors (Lipinski definition) is 14. The summed E-state index contributed by atoms with van der Waals surface area (Å²) >= 11 is 2.63. The van der Waals surface area contributed by atoms with Crippen LogP contribution in [0.1, 0.15) is 46.4 Å². The highest BCUT2D eigenvalue weighted by Gasteiger charge is 2.25. The van der Waals surface area contributed by atoms with Crippen LogP contribution >= 0.6 is 23.5 Å². The number of nitrogens with two attached hydrogens (primary N) is 8. The van der Waals surface area contributed by atoms with Crippen LogP contribution in [0.15, 0.2) is 58.3 Å². The van der Waals surface area contributed by atoms with Crippen LogP contribution in [0.25, 0.3) is 0 Å². The minimum atomic E-state index is -0.868. The Kier molecular flexibility index (Phi) is 22.1. The fourth-order valence-electron chi connectivity index (χ4n) is 5.57. The Labute approximate surface area is 363 Å². The lowest BCUT2D eigenvalue weighted by molar-refractivity contribution is -0.118. The van der Waals surface area contributed by atoms with Gasteiger partial charge in [-0.3, -0.25) is 24.6 Å². The lowest BCUT2D eigenvalue weighted by Gasteiger charge is -2.20. The molecule has 334 valence electrons. The molecule has 3 aromatic carbocycles. The van der Waals surface area contributed by atoms with Gasteiger partial charge < -0.3 is 81.9 Å². The molecule has 0 aliphatic heterocycles. The van der Waals surface area contributed by atoms with Crippen molar-refractivity contribution < 1.29 is 28.7 Å². The molecule has 3 rings (SSSR count). The van der Waals surface area contributed by atoms with Gasteiger partial charge in [0.1, 0.15) is 24.7 Å². The van der Waals surface area contributed by atoms with Crippen LogP contribution in [0.5, 0.6) is 11.5 Å². The van der Waals surface area contributed by atoms with Gasteiger partial charge in [-0.1, -0.05) is 12.1 Å². The van der Waals surface area contributed by atoms with Crippen LogP contribution in [0.4, 0.5) is 22.7 Å². The van der Waals surface area contributed by atoms with E-state index in [1.807, 2.05) is 0 Å². The van der Waals surface area contributed by atoms with Crippen molar-refractivity contribution >= 4 is 75.9 Å². The molecule has 0 aliphatic carbocycles. The summed E-state index contributed by atoms with van der Waals surface area (Å²) in [6.07, 6.45) is 1.78. The van der Waals surface area contributed by atoms with E-state index in [-0.39, 0.29) is 54.9 Å². The zero-order valence-corrected chi connectivity index (χ0v) is 35.7. The van der Waals surface area contributed by atoms with E-state index in [0.717, 1.165) is 0 Å². The molecule has 22 N–H and O–H groups in total. The van der Waals surface area contributed by atoms with Crippen molar-refractivity contribution in [2.75, 3.05) is 85.3 Å². The van der Waals surface area contributed by atoms with Crippen LogP contribution < -0.4 is 81.9 Å². The van der Waals surface area contributed by atoms with Crippen molar-refractivity contribution in [2.24, 2.45) is 45.9 Å². The molecule has 4 amide bonds. The Morgan fingerprint density at radius 1 is 0.607 bits per heavy atom. The van der Waals surface area contributed by atoms with Gasteiger partial charge in [0.25, 0.3) is 11.8 Å². The number of rotatable bonds is 27. The van der Waals surface area contributed by atoms with E-state index in [1.54, 1.807) is 36.4 Å². The molecule has 0 aliphatic rings. The van der Waals surface area contributed by atoms with E-state index < -0.39 is 35.7 Å². The smallest absolute Gasteiger partial charge is 0.259 e. The molecule has 3 aromatic rings. The number of guanidine groups is 1. The number of carbonyl (C=O) groups is 4. The third-order valence-electron chi connectivity index (χ3n) is 8.49. The largest absolute Gasteiger partial charge is 0.491 e. The second-order valence-electron chi connectivity index (χ2n) is 13.3. The van der Waals surface area contributed by atoms with E-state index in [4.69, 9.17) is 60.8 Å². The van der Waals surface area contributed by atoms with E-state index in [2.05, 4.69) is 26.6 Å². The number of nitrogens with one attached hydrogen (secondary N) is 6. The van der Waals surface area contributed by atoms with Crippen molar-refractivity contribution in [1.29, 1.82) is 5.41 Å². The molecule has 0 radical (unpaired) electrons. The lowest BCUT2D eigenvalue weighted by Crippen LogP contribution is -2.37. The Morgan fingerprint density at radius 2 is 1.03 bits per heavy atom. The Morgan fingerprint density at radius 3 is 1.43 bits per heavy atom. The Balaban J connectivity index is 2.04. The molecule has 0 fully saturated rings. The summed E-state index contributed by atoms with van der Waals surface area (Å²) in [5, 5.41) is 21.5. The molecule has 0 spiro atoms. The first-order chi connectivity index (χ1) is 29.4. The SMILES string of the molecule is N=C(N)NCCC[C@@H](N)C(=O)Nc1cccc(NC(=O)c2cc(C(=O)Nc3cccc(NC(=O)[C@H](N)CCCN)c3SCCN)c(OCCN)cc2OCCN)c1SCCN. The van der Waals surface area contributed by atoms with Crippen LogP contribution in [0, 0.1) is 5.41 Å². The first kappa shape index (κ1) is 50.2. The van der Waals surface area contributed by atoms with Crippen LogP contribution in [0.2, 0.25) is 0 Å². The molecule has 20 nitrogen and oxygen atoms in total. The highest BCUT2D eigenvalue weighted by molar-refractivity contribution is 7.99. The molecule has 61 heavy (non-hydrogen) atoms. The predicted octanol–water partition coefficient (Wildman–Crippen LogP) is 0.502. The summed E-state index contributed by atoms with van der Waals surface area (Å²) in [6, 6.07) is 11.1. The van der Waals surface area contributed by atoms with Gasteiger partial charge in [0.05, 0.1) is 55.8 Å². The number of benzene rings is 3. The maximum absolute atomic E-state index is 14.3. The molecule has 0 heterocycles. The highest BCUT2D eigenvalue weighted by atomic mass is 32.2.